The van der Waals surface area contributed by atoms with Crippen LogP contribution >= 0.6 is 0 Å². The second kappa shape index (κ2) is 5.36. The summed E-state index contributed by atoms with van der Waals surface area (Å²) in [6, 6.07) is 1.85. The molecule has 0 fully saturated rings. The van der Waals surface area contributed by atoms with E-state index in [4.69, 9.17) is 0 Å². The van der Waals surface area contributed by atoms with Crippen LogP contribution in [-0.2, 0) is 11.3 Å². The molecule has 0 aliphatic heterocycles. The second-order valence-corrected chi connectivity index (χ2v) is 5.34. The van der Waals surface area contributed by atoms with Crippen molar-refractivity contribution in [3.05, 3.63) is 24.0 Å². The molecule has 4 nitrogen and oxygen atoms in total. The number of amides is 1. The Morgan fingerprint density at radius 1 is 1.53 bits per heavy atom. The summed E-state index contributed by atoms with van der Waals surface area (Å²) in [4.78, 5) is 11.7. The lowest BCUT2D eigenvalue weighted by molar-refractivity contribution is -0.123. The molecule has 1 heterocycles. The summed E-state index contributed by atoms with van der Waals surface area (Å²) in [7, 11) is 0. The third-order valence-electron chi connectivity index (χ3n) is 2.39. The molecule has 1 amide bonds. The van der Waals surface area contributed by atoms with Gasteiger partial charge in [0.25, 0.3) is 0 Å². The van der Waals surface area contributed by atoms with Crippen LogP contribution in [0.1, 0.15) is 45.8 Å². The maximum atomic E-state index is 11.7. The zero-order valence-electron chi connectivity index (χ0n) is 11.0. The first-order valence-corrected chi connectivity index (χ1v) is 5.96. The van der Waals surface area contributed by atoms with E-state index in [9.17, 15) is 9.90 Å². The van der Waals surface area contributed by atoms with E-state index in [1.54, 1.807) is 4.57 Å². The zero-order valence-corrected chi connectivity index (χ0v) is 11.0. The molecule has 1 atom stereocenters. The highest BCUT2D eigenvalue weighted by Crippen LogP contribution is 2.16. The fourth-order valence-electron chi connectivity index (χ4n) is 1.61. The number of hydrogen-bond acceptors (Lipinski definition) is 2. The van der Waals surface area contributed by atoms with Crippen molar-refractivity contribution < 1.29 is 9.90 Å². The maximum absolute atomic E-state index is 11.7. The van der Waals surface area contributed by atoms with E-state index in [-0.39, 0.29) is 18.0 Å². The molecule has 0 aromatic carbocycles. The van der Waals surface area contributed by atoms with Gasteiger partial charge in [0.05, 0.1) is 6.10 Å². The molecular weight excluding hydrogens is 216 g/mol. The fraction of sp³-hybridized carbons (Fsp3) is 0.615. The topological polar surface area (TPSA) is 54.3 Å². The third-order valence-corrected chi connectivity index (χ3v) is 2.39. The first kappa shape index (κ1) is 13.8. The van der Waals surface area contributed by atoms with E-state index in [1.807, 2.05) is 46.2 Å². The van der Waals surface area contributed by atoms with Gasteiger partial charge in [0.2, 0.25) is 5.91 Å². The average molecular weight is 238 g/mol. The largest absolute Gasteiger partial charge is 0.388 e. The van der Waals surface area contributed by atoms with E-state index < -0.39 is 6.10 Å². The first-order valence-electron chi connectivity index (χ1n) is 5.96. The number of nitrogens with one attached hydrogen (secondary N) is 1. The van der Waals surface area contributed by atoms with Crippen molar-refractivity contribution in [1.82, 2.24) is 9.88 Å². The second-order valence-electron chi connectivity index (χ2n) is 5.34. The molecule has 1 unspecified atom stereocenters. The lowest BCUT2D eigenvalue weighted by Gasteiger charge is -2.20. The SMILES string of the molecule is CCC(O)c1ccn(CC(=O)NC(C)(C)C)c1. The summed E-state index contributed by atoms with van der Waals surface area (Å²) in [5.41, 5.74) is 0.645. The molecule has 96 valence electrons. The van der Waals surface area contributed by atoms with E-state index in [2.05, 4.69) is 5.32 Å². The molecule has 1 rings (SSSR count). The van der Waals surface area contributed by atoms with Crippen molar-refractivity contribution in [2.24, 2.45) is 0 Å². The molecule has 0 spiro atoms. The van der Waals surface area contributed by atoms with Gasteiger partial charge in [-0.3, -0.25) is 4.79 Å². The van der Waals surface area contributed by atoms with Gasteiger partial charge in [-0.15, -0.1) is 0 Å². The number of aromatic nitrogens is 1. The van der Waals surface area contributed by atoms with Crippen LogP contribution < -0.4 is 5.32 Å². The number of aliphatic hydroxyl groups excluding tert-OH is 1. The van der Waals surface area contributed by atoms with E-state index in [1.165, 1.54) is 0 Å². The van der Waals surface area contributed by atoms with Gasteiger partial charge in [0.15, 0.2) is 0 Å². The molecule has 0 saturated carbocycles. The van der Waals surface area contributed by atoms with Crippen molar-refractivity contribution in [1.29, 1.82) is 0 Å². The predicted octanol–water partition coefficient (Wildman–Crippen LogP) is 1.85. The lowest BCUT2D eigenvalue weighted by atomic mass is 10.1. The van der Waals surface area contributed by atoms with Gasteiger partial charge in [-0.05, 0) is 38.8 Å². The molecule has 1 aromatic rings. The summed E-state index contributed by atoms with van der Waals surface area (Å²) in [6.07, 6.45) is 3.87. The minimum Gasteiger partial charge on any atom is -0.388 e. The zero-order chi connectivity index (χ0) is 13.1. The average Bonchev–Trinajstić information content (AvgIpc) is 2.62. The Morgan fingerprint density at radius 2 is 2.18 bits per heavy atom. The summed E-state index contributed by atoms with van der Waals surface area (Å²) in [6.45, 7) is 8.06. The van der Waals surface area contributed by atoms with Gasteiger partial charge in [-0.25, -0.2) is 0 Å². The van der Waals surface area contributed by atoms with Gasteiger partial charge in [-0.1, -0.05) is 6.92 Å². The summed E-state index contributed by atoms with van der Waals surface area (Å²) in [5, 5.41) is 12.5. The van der Waals surface area contributed by atoms with Gasteiger partial charge < -0.3 is 15.0 Å². The van der Waals surface area contributed by atoms with Gasteiger partial charge in [-0.2, -0.15) is 0 Å². The number of aliphatic hydroxyl groups is 1. The normalized spacial score (nSPS) is 13.5. The molecule has 17 heavy (non-hydrogen) atoms. The third kappa shape index (κ3) is 4.61. The summed E-state index contributed by atoms with van der Waals surface area (Å²) >= 11 is 0. The van der Waals surface area contributed by atoms with Crippen LogP contribution in [0, 0.1) is 0 Å². The molecule has 0 bridgehead atoms. The lowest BCUT2D eigenvalue weighted by Crippen LogP contribution is -2.42. The highest BCUT2D eigenvalue weighted by atomic mass is 16.3. The molecule has 1 aromatic heterocycles. The summed E-state index contributed by atoms with van der Waals surface area (Å²) in [5.74, 6) is -0.0226. The van der Waals surface area contributed by atoms with Crippen molar-refractivity contribution in [2.75, 3.05) is 0 Å². The van der Waals surface area contributed by atoms with Gasteiger partial charge >= 0.3 is 0 Å². The van der Waals surface area contributed by atoms with Crippen molar-refractivity contribution in [3.63, 3.8) is 0 Å². The number of carbonyl (C=O) groups is 1. The van der Waals surface area contributed by atoms with Crippen molar-refractivity contribution >= 4 is 5.91 Å². The Morgan fingerprint density at radius 3 is 2.71 bits per heavy atom. The van der Waals surface area contributed by atoms with Crippen LogP contribution in [-0.4, -0.2) is 21.1 Å². The Bertz CT molecular complexity index is 377. The molecule has 0 aliphatic carbocycles. The van der Waals surface area contributed by atoms with Crippen LogP contribution in [0.5, 0.6) is 0 Å². The van der Waals surface area contributed by atoms with Crippen LogP contribution in [0.15, 0.2) is 18.5 Å². The Hall–Kier alpha value is -1.29. The maximum Gasteiger partial charge on any atom is 0.240 e. The van der Waals surface area contributed by atoms with Crippen molar-refractivity contribution in [2.45, 2.75) is 52.3 Å². The van der Waals surface area contributed by atoms with E-state index in [0.717, 1.165) is 5.56 Å². The minimum atomic E-state index is -0.443. The van der Waals surface area contributed by atoms with Gasteiger partial charge in [0.1, 0.15) is 6.54 Å². The predicted molar refractivity (Wildman–Crippen MR) is 67.6 cm³/mol. The molecule has 4 heteroatoms. The van der Waals surface area contributed by atoms with E-state index >= 15 is 0 Å². The summed E-state index contributed by atoms with van der Waals surface area (Å²) < 4.78 is 1.79. The highest BCUT2D eigenvalue weighted by Gasteiger charge is 2.14. The number of carbonyl (C=O) groups excluding carboxylic acids is 1. The standard InChI is InChI=1S/C13H22N2O2/c1-5-11(16)10-6-7-15(8-10)9-12(17)14-13(2,3)4/h6-8,11,16H,5,9H2,1-4H3,(H,14,17). The Labute approximate surface area is 103 Å². The monoisotopic (exact) mass is 238 g/mol. The quantitative estimate of drug-likeness (QED) is 0.841. The molecule has 0 aliphatic rings. The fourth-order valence-corrected chi connectivity index (χ4v) is 1.61. The van der Waals surface area contributed by atoms with Gasteiger partial charge in [0, 0.05) is 17.9 Å². The van der Waals surface area contributed by atoms with Crippen LogP contribution in [0.4, 0.5) is 0 Å². The van der Waals surface area contributed by atoms with E-state index in [0.29, 0.717) is 6.42 Å². The molecular formula is C13H22N2O2. The Balaban J connectivity index is 2.58. The first-order chi connectivity index (χ1) is 7.81. The van der Waals surface area contributed by atoms with Crippen LogP contribution in [0.2, 0.25) is 0 Å². The minimum absolute atomic E-state index is 0.0226. The smallest absolute Gasteiger partial charge is 0.240 e. The highest BCUT2D eigenvalue weighted by molar-refractivity contribution is 5.76. The van der Waals surface area contributed by atoms with Crippen LogP contribution in [0.3, 0.4) is 0 Å². The number of nitrogens with zero attached hydrogens (tertiary/aromatic N) is 1. The van der Waals surface area contributed by atoms with Crippen molar-refractivity contribution in [3.8, 4) is 0 Å². The molecule has 0 radical (unpaired) electrons. The number of hydrogen-bond donors (Lipinski definition) is 2. The molecule has 2 N–H and O–H groups in total. The van der Waals surface area contributed by atoms with Crippen LogP contribution in [0.25, 0.3) is 0 Å². The number of rotatable bonds is 4. The Kier molecular flexibility index (Phi) is 4.34. The molecule has 0 saturated heterocycles.